The maximum Gasteiger partial charge on any atom is 0.0900 e. The molecule has 1 heterocycles. The summed E-state index contributed by atoms with van der Waals surface area (Å²) >= 11 is 5.70. The number of ether oxygens (including phenoxy) is 1. The summed E-state index contributed by atoms with van der Waals surface area (Å²) in [6, 6.07) is 0. The van der Waals surface area contributed by atoms with Crippen LogP contribution in [0.15, 0.2) is 0 Å². The number of unbranched alkanes of at least 4 members (excludes halogenated alkanes) is 1. The zero-order valence-electron chi connectivity index (χ0n) is 17.1. The Kier molecular flexibility index (Phi) is 9.78. The van der Waals surface area contributed by atoms with Gasteiger partial charge in [0.1, 0.15) is 0 Å². The first-order valence-corrected chi connectivity index (χ1v) is 10.3. The third kappa shape index (κ3) is 7.58. The zero-order valence-corrected chi connectivity index (χ0v) is 17.8. The lowest BCUT2D eigenvalue weighted by molar-refractivity contribution is -0.301. The van der Waals surface area contributed by atoms with Gasteiger partial charge in [-0.3, -0.25) is 4.90 Å². The van der Waals surface area contributed by atoms with Gasteiger partial charge in [0.05, 0.1) is 24.9 Å². The lowest BCUT2D eigenvalue weighted by Crippen LogP contribution is -2.60. The molecule has 1 fully saturated rings. The van der Waals surface area contributed by atoms with E-state index in [1.165, 1.54) is 5.06 Å². The van der Waals surface area contributed by atoms with Crippen molar-refractivity contribution in [3.05, 3.63) is 0 Å². The highest BCUT2D eigenvalue weighted by atomic mass is 35.5. The fraction of sp³-hybridized carbons (Fsp3) is 1.00. The van der Waals surface area contributed by atoms with Crippen LogP contribution in [0.4, 0.5) is 0 Å². The first-order chi connectivity index (χ1) is 12.0. The van der Waals surface area contributed by atoms with Gasteiger partial charge in [-0.05, 0) is 53.5 Å². The molecule has 0 aromatic carbocycles. The van der Waals surface area contributed by atoms with Crippen LogP contribution in [0.2, 0.25) is 0 Å². The summed E-state index contributed by atoms with van der Waals surface area (Å²) in [5, 5.41) is 33.8. The van der Waals surface area contributed by atoms with Gasteiger partial charge in [-0.1, -0.05) is 13.3 Å². The van der Waals surface area contributed by atoms with E-state index in [4.69, 9.17) is 16.3 Å². The first-order valence-electron chi connectivity index (χ1n) is 9.75. The zero-order chi connectivity index (χ0) is 20.0. The van der Waals surface area contributed by atoms with Gasteiger partial charge in [0.15, 0.2) is 0 Å². The van der Waals surface area contributed by atoms with E-state index >= 15 is 0 Å². The van der Waals surface area contributed by atoms with Crippen LogP contribution in [0.3, 0.4) is 0 Å². The highest BCUT2D eigenvalue weighted by molar-refractivity contribution is 6.18. The minimum Gasteiger partial charge on any atom is -0.391 e. The van der Waals surface area contributed by atoms with E-state index in [0.717, 1.165) is 19.4 Å². The Bertz CT molecular complexity index is 391. The van der Waals surface area contributed by atoms with Crippen molar-refractivity contribution in [2.45, 2.75) is 89.7 Å². The highest BCUT2D eigenvalue weighted by Gasteiger charge is 2.46. The van der Waals surface area contributed by atoms with Crippen LogP contribution >= 0.6 is 11.6 Å². The van der Waals surface area contributed by atoms with E-state index in [1.807, 2.05) is 32.6 Å². The quantitative estimate of drug-likeness (QED) is 0.527. The summed E-state index contributed by atoms with van der Waals surface area (Å²) in [5.41, 5.74) is -0.954. The molecule has 1 saturated heterocycles. The molecule has 1 aliphatic rings. The normalized spacial score (nSPS) is 23.3. The number of piperidine rings is 1. The molecule has 0 aliphatic carbocycles. The Morgan fingerprint density at radius 1 is 1.15 bits per heavy atom. The Morgan fingerprint density at radius 2 is 1.69 bits per heavy atom. The van der Waals surface area contributed by atoms with Crippen LogP contribution in [0, 0.1) is 0 Å². The molecule has 0 bridgehead atoms. The van der Waals surface area contributed by atoms with Gasteiger partial charge in [0.2, 0.25) is 0 Å². The monoisotopic (exact) mass is 393 g/mol. The fourth-order valence-electron chi connectivity index (χ4n) is 3.87. The van der Waals surface area contributed by atoms with E-state index in [-0.39, 0.29) is 18.6 Å². The second-order valence-electron chi connectivity index (χ2n) is 8.86. The predicted molar refractivity (Wildman–Crippen MR) is 104 cm³/mol. The van der Waals surface area contributed by atoms with Crippen molar-refractivity contribution in [1.29, 1.82) is 0 Å². The molecule has 155 valence electrons. The minimum atomic E-state index is -0.633. The van der Waals surface area contributed by atoms with Crippen molar-refractivity contribution >= 4 is 11.6 Å². The summed E-state index contributed by atoms with van der Waals surface area (Å²) in [6.45, 7) is 11.8. The van der Waals surface area contributed by atoms with E-state index in [2.05, 4.69) is 6.92 Å². The summed E-state index contributed by atoms with van der Waals surface area (Å²) in [7, 11) is 0. The van der Waals surface area contributed by atoms with Crippen LogP contribution in [0.1, 0.15) is 60.3 Å². The van der Waals surface area contributed by atoms with Crippen molar-refractivity contribution < 1.29 is 20.2 Å². The average Bonchev–Trinajstić information content (AvgIpc) is 2.55. The van der Waals surface area contributed by atoms with Gasteiger partial charge >= 0.3 is 0 Å². The number of hydrogen-bond donors (Lipinski definition) is 2. The maximum absolute atomic E-state index is 12.4. The standard InChI is InChI=1S/C19H38ClN2O4/c1-6-7-8-21(12-15(23)11-20)13-16(24)14-26-17-9-18(2,3)22(25)19(4,5)10-17/h15-17,23-24H,6-14H2,1-5H3. The number of hydrogen-bond acceptors (Lipinski definition) is 5. The molecular formula is C19H38ClN2O4. The SMILES string of the molecule is CCCCN(CC(O)CCl)CC(O)COC1CC(C)(C)N([O])C(C)(C)C1. The molecule has 0 amide bonds. The maximum atomic E-state index is 12.4. The Balaban J connectivity index is 2.51. The number of aliphatic hydroxyl groups excluding tert-OH is 2. The van der Waals surface area contributed by atoms with Crippen LogP contribution < -0.4 is 0 Å². The van der Waals surface area contributed by atoms with E-state index in [0.29, 0.717) is 25.9 Å². The Hall–Kier alpha value is 0.0500. The lowest BCUT2D eigenvalue weighted by Gasteiger charge is -2.49. The van der Waals surface area contributed by atoms with E-state index in [9.17, 15) is 15.4 Å². The summed E-state index contributed by atoms with van der Waals surface area (Å²) < 4.78 is 5.97. The third-order valence-corrected chi connectivity index (χ3v) is 5.38. The summed E-state index contributed by atoms with van der Waals surface area (Å²) in [4.78, 5) is 2.04. The number of rotatable bonds is 11. The van der Waals surface area contributed by atoms with Crippen molar-refractivity contribution in [2.24, 2.45) is 0 Å². The molecule has 2 N–H and O–H groups in total. The van der Waals surface area contributed by atoms with Gasteiger partial charge in [-0.15, -0.1) is 21.9 Å². The first kappa shape index (κ1) is 24.1. The fourth-order valence-corrected chi connectivity index (χ4v) is 3.97. The largest absolute Gasteiger partial charge is 0.391 e. The molecule has 0 aromatic heterocycles. The molecule has 6 nitrogen and oxygen atoms in total. The molecule has 2 unspecified atom stereocenters. The molecule has 0 saturated carbocycles. The minimum absolute atomic E-state index is 0.0441. The number of halogens is 1. The van der Waals surface area contributed by atoms with Gasteiger partial charge < -0.3 is 14.9 Å². The molecule has 1 aliphatic heterocycles. The third-order valence-electron chi connectivity index (χ3n) is 5.02. The highest BCUT2D eigenvalue weighted by Crippen LogP contribution is 2.38. The molecular weight excluding hydrogens is 356 g/mol. The summed E-state index contributed by atoms with van der Waals surface area (Å²) in [5.74, 6) is 0.188. The molecule has 0 aromatic rings. The van der Waals surface area contributed by atoms with Crippen molar-refractivity contribution in [2.75, 3.05) is 32.1 Å². The number of hydroxylamine groups is 2. The molecule has 2 atom stereocenters. The van der Waals surface area contributed by atoms with Gasteiger partial charge in [-0.2, -0.15) is 0 Å². The molecule has 7 heteroatoms. The summed E-state index contributed by atoms with van der Waals surface area (Å²) in [6.07, 6.45) is 2.09. The van der Waals surface area contributed by atoms with Crippen LogP contribution in [0.25, 0.3) is 0 Å². The van der Waals surface area contributed by atoms with Crippen LogP contribution in [0.5, 0.6) is 0 Å². The Labute approximate surface area is 164 Å². The van der Waals surface area contributed by atoms with Crippen molar-refractivity contribution in [3.8, 4) is 0 Å². The predicted octanol–water partition coefficient (Wildman–Crippen LogP) is 2.43. The van der Waals surface area contributed by atoms with E-state index < -0.39 is 23.3 Å². The van der Waals surface area contributed by atoms with Crippen LogP contribution in [-0.2, 0) is 9.94 Å². The number of alkyl halides is 1. The Morgan fingerprint density at radius 3 is 2.19 bits per heavy atom. The van der Waals surface area contributed by atoms with Gasteiger partial charge in [0, 0.05) is 30.0 Å². The molecule has 26 heavy (non-hydrogen) atoms. The van der Waals surface area contributed by atoms with Crippen LogP contribution in [-0.4, -0.2) is 81.7 Å². The lowest BCUT2D eigenvalue weighted by atomic mass is 9.80. The molecule has 1 radical (unpaired) electrons. The van der Waals surface area contributed by atoms with Gasteiger partial charge in [-0.25, -0.2) is 0 Å². The molecule has 1 rings (SSSR count). The average molecular weight is 394 g/mol. The van der Waals surface area contributed by atoms with Crippen molar-refractivity contribution in [1.82, 2.24) is 9.96 Å². The number of aliphatic hydroxyl groups is 2. The number of nitrogens with zero attached hydrogens (tertiary/aromatic N) is 2. The topological polar surface area (TPSA) is 76.1 Å². The smallest absolute Gasteiger partial charge is 0.0900 e. The second-order valence-corrected chi connectivity index (χ2v) is 9.17. The van der Waals surface area contributed by atoms with E-state index in [1.54, 1.807) is 0 Å². The molecule has 0 spiro atoms. The van der Waals surface area contributed by atoms with Gasteiger partial charge in [0.25, 0.3) is 0 Å². The van der Waals surface area contributed by atoms with Crippen molar-refractivity contribution in [3.63, 3.8) is 0 Å². The second kappa shape index (κ2) is 10.6.